The molecule has 0 radical (unpaired) electrons. The first-order chi connectivity index (χ1) is 6.25. The molecular formula is C12H15N. The van der Waals surface area contributed by atoms with Crippen molar-refractivity contribution in [2.45, 2.75) is 20.8 Å². The van der Waals surface area contributed by atoms with Gasteiger partial charge >= 0.3 is 0 Å². The molecule has 0 aromatic heterocycles. The summed E-state index contributed by atoms with van der Waals surface area (Å²) in [7, 11) is 0. The Balaban J connectivity index is 2.99. The molecule has 0 N–H and O–H groups in total. The predicted molar refractivity (Wildman–Crippen MR) is 58.9 cm³/mol. The van der Waals surface area contributed by atoms with Crippen LogP contribution in [0.25, 0.3) is 0 Å². The van der Waals surface area contributed by atoms with Crippen LogP contribution in [0, 0.1) is 13.8 Å². The number of hydrogen-bond donors (Lipinski definition) is 0. The molecule has 0 saturated heterocycles. The fourth-order valence-corrected chi connectivity index (χ4v) is 1.21. The minimum Gasteiger partial charge on any atom is -0.256 e. The lowest BCUT2D eigenvalue weighted by Crippen LogP contribution is -1.79. The number of rotatable bonds is 2. The molecule has 0 aliphatic rings. The maximum atomic E-state index is 4.38. The molecule has 0 aliphatic carbocycles. The highest BCUT2D eigenvalue weighted by Crippen LogP contribution is 2.22. The lowest BCUT2D eigenvalue weighted by Gasteiger charge is -2.02. The Morgan fingerprint density at radius 2 is 1.77 bits per heavy atom. The van der Waals surface area contributed by atoms with Gasteiger partial charge in [-0.1, -0.05) is 24.3 Å². The summed E-state index contributed by atoms with van der Waals surface area (Å²) >= 11 is 0. The minimum absolute atomic E-state index is 1.08. The molecule has 1 rings (SSSR count). The summed E-state index contributed by atoms with van der Waals surface area (Å²) in [6.07, 6.45) is 5.73. The van der Waals surface area contributed by atoms with Crippen molar-refractivity contribution in [2.24, 2.45) is 4.99 Å². The third-order valence-corrected chi connectivity index (χ3v) is 1.92. The van der Waals surface area contributed by atoms with Gasteiger partial charge in [0.1, 0.15) is 0 Å². The zero-order valence-electron chi connectivity index (χ0n) is 8.41. The van der Waals surface area contributed by atoms with Crippen molar-refractivity contribution in [3.05, 3.63) is 41.5 Å². The lowest BCUT2D eigenvalue weighted by molar-refractivity contribution is 1.33. The number of benzene rings is 1. The molecule has 0 spiro atoms. The Labute approximate surface area is 79.8 Å². The van der Waals surface area contributed by atoms with Crippen LogP contribution in [0.4, 0.5) is 5.69 Å². The van der Waals surface area contributed by atoms with E-state index in [0.29, 0.717) is 0 Å². The number of para-hydroxylation sites is 1. The first kappa shape index (κ1) is 9.72. The van der Waals surface area contributed by atoms with Crippen molar-refractivity contribution in [3.8, 4) is 0 Å². The number of allylic oxidation sites excluding steroid dienone is 2. The summed E-state index contributed by atoms with van der Waals surface area (Å²) in [5, 5.41) is 0. The molecule has 0 atom stereocenters. The molecule has 0 aliphatic heterocycles. The van der Waals surface area contributed by atoms with Crippen LogP contribution < -0.4 is 0 Å². The van der Waals surface area contributed by atoms with Gasteiger partial charge in [0.25, 0.3) is 0 Å². The van der Waals surface area contributed by atoms with Gasteiger partial charge in [0, 0.05) is 6.21 Å². The Morgan fingerprint density at radius 3 is 2.31 bits per heavy atom. The average Bonchev–Trinajstić information content (AvgIpc) is 2.10. The Bertz CT molecular complexity index is 315. The van der Waals surface area contributed by atoms with Gasteiger partial charge in [-0.15, -0.1) is 0 Å². The van der Waals surface area contributed by atoms with Gasteiger partial charge in [0.05, 0.1) is 5.69 Å². The van der Waals surface area contributed by atoms with Gasteiger partial charge in [-0.05, 0) is 38.0 Å². The second-order valence-corrected chi connectivity index (χ2v) is 3.04. The van der Waals surface area contributed by atoms with Gasteiger partial charge in [-0.2, -0.15) is 0 Å². The van der Waals surface area contributed by atoms with Gasteiger partial charge in [-0.25, -0.2) is 0 Å². The third kappa shape index (κ3) is 2.55. The highest BCUT2D eigenvalue weighted by molar-refractivity contribution is 5.75. The molecule has 68 valence electrons. The van der Waals surface area contributed by atoms with Crippen LogP contribution in [-0.2, 0) is 0 Å². The summed E-state index contributed by atoms with van der Waals surface area (Å²) in [5.74, 6) is 0. The van der Waals surface area contributed by atoms with Crippen LogP contribution in [0.1, 0.15) is 18.1 Å². The summed E-state index contributed by atoms with van der Waals surface area (Å²) in [5.41, 5.74) is 3.53. The molecule has 0 heterocycles. The predicted octanol–water partition coefficient (Wildman–Crippen LogP) is 3.58. The molecule has 1 nitrogen and oxygen atoms in total. The molecule has 13 heavy (non-hydrogen) atoms. The van der Waals surface area contributed by atoms with Crippen molar-refractivity contribution < 1.29 is 0 Å². The third-order valence-electron chi connectivity index (χ3n) is 1.92. The summed E-state index contributed by atoms with van der Waals surface area (Å²) < 4.78 is 0. The van der Waals surface area contributed by atoms with Gasteiger partial charge in [-0.3, -0.25) is 4.99 Å². The first-order valence-electron chi connectivity index (χ1n) is 4.47. The lowest BCUT2D eigenvalue weighted by atomic mass is 10.1. The second kappa shape index (κ2) is 4.61. The van der Waals surface area contributed by atoms with E-state index >= 15 is 0 Å². The van der Waals surface area contributed by atoms with E-state index in [1.54, 1.807) is 0 Å². The zero-order valence-corrected chi connectivity index (χ0v) is 8.41. The summed E-state index contributed by atoms with van der Waals surface area (Å²) in [6.45, 7) is 6.14. The smallest absolute Gasteiger partial charge is 0.0687 e. The molecule has 0 saturated carbocycles. The van der Waals surface area contributed by atoms with Gasteiger partial charge < -0.3 is 0 Å². The quantitative estimate of drug-likeness (QED) is 0.606. The maximum absolute atomic E-state index is 4.38. The van der Waals surface area contributed by atoms with Crippen LogP contribution in [0.2, 0.25) is 0 Å². The van der Waals surface area contributed by atoms with E-state index in [9.17, 15) is 0 Å². The van der Waals surface area contributed by atoms with Crippen molar-refractivity contribution >= 4 is 11.9 Å². The largest absolute Gasteiger partial charge is 0.256 e. The Kier molecular flexibility index (Phi) is 3.44. The molecule has 0 amide bonds. The first-order valence-corrected chi connectivity index (χ1v) is 4.47. The van der Waals surface area contributed by atoms with Crippen molar-refractivity contribution in [3.63, 3.8) is 0 Å². The molecule has 0 fully saturated rings. The highest BCUT2D eigenvalue weighted by Gasteiger charge is 1.96. The molecular weight excluding hydrogens is 158 g/mol. The van der Waals surface area contributed by atoms with E-state index < -0.39 is 0 Å². The molecule has 1 aromatic rings. The summed E-state index contributed by atoms with van der Waals surface area (Å²) in [4.78, 5) is 4.38. The SMILES string of the molecule is CC=CC=Nc1c(C)cccc1C. The zero-order chi connectivity index (χ0) is 9.68. The van der Waals surface area contributed by atoms with Crippen molar-refractivity contribution in [1.82, 2.24) is 0 Å². The highest BCUT2D eigenvalue weighted by atomic mass is 14.7. The fourth-order valence-electron chi connectivity index (χ4n) is 1.21. The molecule has 1 aromatic carbocycles. The minimum atomic E-state index is 1.08. The Morgan fingerprint density at radius 1 is 1.15 bits per heavy atom. The van der Waals surface area contributed by atoms with E-state index in [0.717, 1.165) is 5.69 Å². The molecule has 0 unspecified atom stereocenters. The molecule has 0 bridgehead atoms. The monoisotopic (exact) mass is 173 g/mol. The Hall–Kier alpha value is -1.37. The van der Waals surface area contributed by atoms with Crippen molar-refractivity contribution in [1.29, 1.82) is 0 Å². The van der Waals surface area contributed by atoms with E-state index in [1.807, 2.05) is 25.3 Å². The normalized spacial score (nSPS) is 11.6. The topological polar surface area (TPSA) is 12.4 Å². The van der Waals surface area contributed by atoms with E-state index in [2.05, 4.69) is 37.0 Å². The summed E-state index contributed by atoms with van der Waals surface area (Å²) in [6, 6.07) is 6.21. The van der Waals surface area contributed by atoms with E-state index in [1.165, 1.54) is 11.1 Å². The van der Waals surface area contributed by atoms with Crippen LogP contribution >= 0.6 is 0 Å². The average molecular weight is 173 g/mol. The van der Waals surface area contributed by atoms with Crippen LogP contribution in [0.5, 0.6) is 0 Å². The maximum Gasteiger partial charge on any atom is 0.0687 e. The fraction of sp³-hybridized carbons (Fsp3) is 0.250. The van der Waals surface area contributed by atoms with Crippen LogP contribution in [0.3, 0.4) is 0 Å². The van der Waals surface area contributed by atoms with E-state index in [-0.39, 0.29) is 0 Å². The number of hydrogen-bond acceptors (Lipinski definition) is 1. The van der Waals surface area contributed by atoms with Crippen molar-refractivity contribution in [2.75, 3.05) is 0 Å². The standard InChI is InChI=1S/C12H15N/c1-4-5-9-13-12-10(2)7-6-8-11(12)3/h4-9H,1-3H3. The number of aryl methyl sites for hydroxylation is 2. The van der Waals surface area contributed by atoms with E-state index in [4.69, 9.17) is 0 Å². The van der Waals surface area contributed by atoms with Gasteiger partial charge in [0.2, 0.25) is 0 Å². The van der Waals surface area contributed by atoms with Gasteiger partial charge in [0.15, 0.2) is 0 Å². The molecule has 1 heteroatoms. The second-order valence-electron chi connectivity index (χ2n) is 3.04. The number of nitrogens with zero attached hydrogens (tertiary/aromatic N) is 1. The van der Waals surface area contributed by atoms with Crippen LogP contribution in [-0.4, -0.2) is 6.21 Å². The van der Waals surface area contributed by atoms with Crippen LogP contribution in [0.15, 0.2) is 35.3 Å². The number of aliphatic imine (C=N–C) groups is 1.